The van der Waals surface area contributed by atoms with Crippen LogP contribution in [0, 0.1) is 23.7 Å². The Kier molecular flexibility index (Phi) is 5.51. The van der Waals surface area contributed by atoms with Crippen LogP contribution < -0.4 is 0 Å². The summed E-state index contributed by atoms with van der Waals surface area (Å²) in [5.74, 6) is 1.66. The maximum atomic E-state index is 12.8. The van der Waals surface area contributed by atoms with E-state index in [1.54, 1.807) is 0 Å². The molecule has 4 heteroatoms. The zero-order valence-corrected chi connectivity index (χ0v) is 16.5. The fourth-order valence-electron chi connectivity index (χ4n) is 4.90. The number of likely N-dealkylation sites (tertiary alicyclic amines) is 2. The Morgan fingerprint density at radius 3 is 2.26 bits per heavy atom. The molecule has 4 nitrogen and oxygen atoms in total. The van der Waals surface area contributed by atoms with E-state index in [1.807, 2.05) is 9.80 Å². The first-order chi connectivity index (χ1) is 13.1. The lowest BCUT2D eigenvalue weighted by atomic mass is 9.90. The van der Waals surface area contributed by atoms with E-state index in [1.165, 1.54) is 12.0 Å². The number of amides is 2. The van der Waals surface area contributed by atoms with Gasteiger partial charge in [-0.15, -0.1) is 0 Å². The molecule has 1 aromatic carbocycles. The summed E-state index contributed by atoms with van der Waals surface area (Å²) in [5, 5.41) is 0. The molecule has 27 heavy (non-hydrogen) atoms. The molecule has 0 aromatic heterocycles. The fraction of sp³-hybridized carbons (Fsp3) is 0.652. The topological polar surface area (TPSA) is 40.6 Å². The molecule has 2 aliphatic heterocycles. The molecule has 3 unspecified atom stereocenters. The van der Waals surface area contributed by atoms with Crippen molar-refractivity contribution in [1.82, 2.24) is 9.80 Å². The van der Waals surface area contributed by atoms with Crippen LogP contribution in [0.25, 0.3) is 0 Å². The summed E-state index contributed by atoms with van der Waals surface area (Å²) >= 11 is 0. The second kappa shape index (κ2) is 8.04. The van der Waals surface area contributed by atoms with Crippen molar-refractivity contribution in [2.75, 3.05) is 26.2 Å². The summed E-state index contributed by atoms with van der Waals surface area (Å²) in [6.07, 6.45) is 6.36. The number of nitrogens with zero attached hydrogens (tertiary/aromatic N) is 2. The minimum absolute atomic E-state index is 0.0372. The summed E-state index contributed by atoms with van der Waals surface area (Å²) in [7, 11) is 0. The standard InChI is InChI=1S/C23H32N2O2/c1-17-6-5-11-25(16-17)23(27)21-15-20(21)22(26)24-12-9-19(10-13-24)14-18-7-3-2-4-8-18/h2-4,7-8,17,19-21H,5-6,9-16H2,1H3. The van der Waals surface area contributed by atoms with Crippen LogP contribution in [0.4, 0.5) is 0 Å². The van der Waals surface area contributed by atoms with Crippen LogP contribution in [0.2, 0.25) is 0 Å². The number of hydrogen-bond acceptors (Lipinski definition) is 2. The van der Waals surface area contributed by atoms with Crippen molar-refractivity contribution in [1.29, 1.82) is 0 Å². The summed E-state index contributed by atoms with van der Waals surface area (Å²) in [4.78, 5) is 29.6. The lowest BCUT2D eigenvalue weighted by Gasteiger charge is -2.33. The summed E-state index contributed by atoms with van der Waals surface area (Å²) < 4.78 is 0. The predicted molar refractivity (Wildman–Crippen MR) is 106 cm³/mol. The number of rotatable bonds is 4. The molecule has 2 heterocycles. The Labute approximate surface area is 162 Å². The average Bonchev–Trinajstić information content (AvgIpc) is 3.49. The third-order valence-electron chi connectivity index (χ3n) is 6.69. The van der Waals surface area contributed by atoms with Crippen molar-refractivity contribution in [2.24, 2.45) is 23.7 Å². The van der Waals surface area contributed by atoms with Gasteiger partial charge < -0.3 is 9.80 Å². The molecule has 3 fully saturated rings. The molecular weight excluding hydrogens is 336 g/mol. The molecule has 1 saturated carbocycles. The molecule has 1 aromatic rings. The lowest BCUT2D eigenvalue weighted by molar-refractivity contribution is -0.139. The zero-order valence-electron chi connectivity index (χ0n) is 16.5. The second-order valence-corrected chi connectivity index (χ2v) is 8.94. The number of carbonyl (C=O) groups is 2. The van der Waals surface area contributed by atoms with Crippen LogP contribution in [-0.2, 0) is 16.0 Å². The Morgan fingerprint density at radius 2 is 1.59 bits per heavy atom. The number of piperidine rings is 2. The highest BCUT2D eigenvalue weighted by atomic mass is 16.2. The largest absolute Gasteiger partial charge is 0.342 e. The predicted octanol–water partition coefficient (Wildman–Crippen LogP) is 3.36. The smallest absolute Gasteiger partial charge is 0.226 e. The van der Waals surface area contributed by atoms with Crippen LogP contribution >= 0.6 is 0 Å². The first-order valence-electron chi connectivity index (χ1n) is 10.7. The molecular formula is C23H32N2O2. The first kappa shape index (κ1) is 18.5. The first-order valence-corrected chi connectivity index (χ1v) is 10.7. The summed E-state index contributed by atoms with van der Waals surface area (Å²) in [6, 6.07) is 10.6. The highest BCUT2D eigenvalue weighted by Gasteiger charge is 2.51. The third-order valence-corrected chi connectivity index (χ3v) is 6.69. The highest BCUT2D eigenvalue weighted by Crippen LogP contribution is 2.42. The molecule has 0 spiro atoms. The van der Waals surface area contributed by atoms with E-state index < -0.39 is 0 Å². The molecule has 4 rings (SSSR count). The van der Waals surface area contributed by atoms with Gasteiger partial charge in [-0.2, -0.15) is 0 Å². The van der Waals surface area contributed by atoms with Crippen molar-refractivity contribution >= 4 is 11.8 Å². The van der Waals surface area contributed by atoms with Gasteiger partial charge in [0.2, 0.25) is 11.8 Å². The van der Waals surface area contributed by atoms with E-state index in [4.69, 9.17) is 0 Å². The van der Waals surface area contributed by atoms with Gasteiger partial charge in [0.1, 0.15) is 0 Å². The van der Waals surface area contributed by atoms with Crippen molar-refractivity contribution < 1.29 is 9.59 Å². The van der Waals surface area contributed by atoms with Gasteiger partial charge in [-0.3, -0.25) is 9.59 Å². The Balaban J connectivity index is 1.24. The van der Waals surface area contributed by atoms with Gasteiger partial charge in [-0.1, -0.05) is 37.3 Å². The van der Waals surface area contributed by atoms with E-state index in [-0.39, 0.29) is 23.7 Å². The Hall–Kier alpha value is -1.84. The molecule has 3 aliphatic rings. The van der Waals surface area contributed by atoms with Gasteiger partial charge in [-0.25, -0.2) is 0 Å². The van der Waals surface area contributed by atoms with Crippen LogP contribution in [0.5, 0.6) is 0 Å². The quantitative estimate of drug-likeness (QED) is 0.818. The Morgan fingerprint density at radius 1 is 0.926 bits per heavy atom. The van der Waals surface area contributed by atoms with Crippen LogP contribution in [0.15, 0.2) is 30.3 Å². The van der Waals surface area contributed by atoms with Crippen molar-refractivity contribution in [3.05, 3.63) is 35.9 Å². The maximum Gasteiger partial charge on any atom is 0.226 e. The fourth-order valence-corrected chi connectivity index (χ4v) is 4.90. The number of hydrogen-bond donors (Lipinski definition) is 0. The molecule has 3 atom stereocenters. The van der Waals surface area contributed by atoms with Crippen LogP contribution in [-0.4, -0.2) is 47.8 Å². The van der Waals surface area contributed by atoms with Gasteiger partial charge in [0.25, 0.3) is 0 Å². The molecule has 0 radical (unpaired) electrons. The molecule has 1 aliphatic carbocycles. The van der Waals surface area contributed by atoms with E-state index in [2.05, 4.69) is 37.3 Å². The molecule has 2 saturated heterocycles. The number of benzene rings is 1. The highest BCUT2D eigenvalue weighted by molar-refractivity contribution is 5.92. The van der Waals surface area contributed by atoms with Gasteiger partial charge in [-0.05, 0) is 55.9 Å². The van der Waals surface area contributed by atoms with E-state index in [0.717, 1.165) is 58.3 Å². The van der Waals surface area contributed by atoms with Crippen molar-refractivity contribution in [3.8, 4) is 0 Å². The van der Waals surface area contributed by atoms with Crippen LogP contribution in [0.1, 0.15) is 44.6 Å². The maximum absolute atomic E-state index is 12.8. The second-order valence-electron chi connectivity index (χ2n) is 8.94. The monoisotopic (exact) mass is 368 g/mol. The van der Waals surface area contributed by atoms with Gasteiger partial charge in [0, 0.05) is 26.2 Å². The molecule has 2 amide bonds. The normalized spacial score (nSPS) is 28.9. The van der Waals surface area contributed by atoms with Crippen molar-refractivity contribution in [2.45, 2.75) is 45.4 Å². The molecule has 0 bridgehead atoms. The van der Waals surface area contributed by atoms with Gasteiger partial charge >= 0.3 is 0 Å². The molecule has 0 N–H and O–H groups in total. The lowest BCUT2D eigenvalue weighted by Crippen LogP contribution is -2.42. The third kappa shape index (κ3) is 4.36. The van der Waals surface area contributed by atoms with Gasteiger partial charge in [0.15, 0.2) is 0 Å². The van der Waals surface area contributed by atoms with Crippen molar-refractivity contribution in [3.63, 3.8) is 0 Å². The summed E-state index contributed by atoms with van der Waals surface area (Å²) in [5.41, 5.74) is 1.39. The van der Waals surface area contributed by atoms with E-state index >= 15 is 0 Å². The Bertz CT molecular complexity index is 666. The molecule has 146 valence electrons. The van der Waals surface area contributed by atoms with E-state index in [9.17, 15) is 9.59 Å². The van der Waals surface area contributed by atoms with Gasteiger partial charge in [0.05, 0.1) is 11.8 Å². The SMILES string of the molecule is CC1CCCN(C(=O)C2CC2C(=O)N2CCC(Cc3ccccc3)CC2)C1. The van der Waals surface area contributed by atoms with Crippen LogP contribution in [0.3, 0.4) is 0 Å². The zero-order chi connectivity index (χ0) is 18.8. The average molecular weight is 369 g/mol. The number of carbonyl (C=O) groups excluding carboxylic acids is 2. The minimum Gasteiger partial charge on any atom is -0.342 e. The minimum atomic E-state index is -0.0413. The summed E-state index contributed by atoms with van der Waals surface area (Å²) in [6.45, 7) is 5.68. The van der Waals surface area contributed by atoms with E-state index in [0.29, 0.717) is 11.8 Å².